The first kappa shape index (κ1) is 21.8. The lowest BCUT2D eigenvalue weighted by molar-refractivity contribution is 0.0784. The molecule has 2 N–H and O–H groups in total. The molecule has 5 rings (SSSR count). The lowest BCUT2D eigenvalue weighted by Crippen LogP contribution is -2.66. The van der Waals surface area contributed by atoms with E-state index >= 15 is 0 Å². The number of halogens is 1. The summed E-state index contributed by atoms with van der Waals surface area (Å²) in [4.78, 5) is 2.20. The van der Waals surface area contributed by atoms with Gasteiger partial charge in [0.1, 0.15) is 11.6 Å². The van der Waals surface area contributed by atoms with Crippen LogP contribution in [0.4, 0.5) is 10.2 Å². The molecule has 174 valence electrons. The number of piperidine rings is 2. The van der Waals surface area contributed by atoms with Crippen molar-refractivity contribution in [1.29, 1.82) is 0 Å². The fourth-order valence-electron chi connectivity index (χ4n) is 5.83. The summed E-state index contributed by atoms with van der Waals surface area (Å²) in [6.07, 6.45) is 9.14. The number of hydrogen-bond acceptors (Lipinski definition) is 6. The predicted molar refractivity (Wildman–Crippen MR) is 127 cm³/mol. The highest BCUT2D eigenvalue weighted by molar-refractivity contribution is 5.74. The maximum absolute atomic E-state index is 15.0. The molecule has 0 aliphatic carbocycles. The molecule has 2 fully saturated rings. The Morgan fingerprint density at radius 2 is 1.85 bits per heavy atom. The van der Waals surface area contributed by atoms with E-state index in [1.165, 1.54) is 31.4 Å². The van der Waals surface area contributed by atoms with Crippen LogP contribution in [0.1, 0.15) is 46.0 Å². The number of rotatable bonds is 4. The number of phenolic OH excluding ortho intramolecular Hbond substituents is 1. The van der Waals surface area contributed by atoms with E-state index in [9.17, 15) is 9.50 Å². The number of fused-ring (bicyclic) bond motifs is 2. The number of hydrogen-bond donors (Lipinski definition) is 2. The maximum Gasteiger partial charge on any atom is 0.151 e. The largest absolute Gasteiger partial charge is 0.507 e. The molecule has 3 aromatic rings. The number of phenols is 1. The molecule has 7 nitrogen and oxygen atoms in total. The third kappa shape index (κ3) is 4.08. The molecule has 3 atom stereocenters. The molecule has 4 heterocycles. The summed E-state index contributed by atoms with van der Waals surface area (Å²) in [6, 6.07) is 6.87. The number of aromatic hydroxyl groups is 1. The Kier molecular flexibility index (Phi) is 5.16. The van der Waals surface area contributed by atoms with E-state index in [1.807, 2.05) is 6.07 Å². The first-order chi connectivity index (χ1) is 15.6. The molecule has 0 radical (unpaired) electrons. The van der Waals surface area contributed by atoms with E-state index in [0.29, 0.717) is 17.3 Å². The van der Waals surface area contributed by atoms with Crippen molar-refractivity contribution in [3.8, 4) is 28.1 Å². The third-order valence-corrected chi connectivity index (χ3v) is 7.36. The van der Waals surface area contributed by atoms with Crippen LogP contribution < -0.4 is 10.2 Å². The average Bonchev–Trinajstić information content (AvgIpc) is 3.18. The van der Waals surface area contributed by atoms with Gasteiger partial charge in [0.05, 0.1) is 17.5 Å². The Hall–Kier alpha value is -3.00. The normalized spacial score (nSPS) is 26.9. The summed E-state index contributed by atoms with van der Waals surface area (Å²) in [5, 5.41) is 27.2. The molecular weight excluding hydrogens is 419 g/mol. The topological polar surface area (TPSA) is 79.1 Å². The standard InChI is InChI=1S/C25H31FN6O/c1-24-8-5-9-25(2,30-24)13-18(12-24)32(4)22-7-6-20(28-29-22)23-19(26)10-16(11-21(23)33)17-14-27-31(3)15-17/h6-7,10-11,14-15,18,30,33H,5,8-9,12-13H2,1-4H3/t18-,24-,25+. The smallest absolute Gasteiger partial charge is 0.151 e. The van der Waals surface area contributed by atoms with Gasteiger partial charge in [-0.05, 0) is 75.8 Å². The zero-order valence-electron chi connectivity index (χ0n) is 19.6. The van der Waals surface area contributed by atoms with Crippen molar-refractivity contribution in [3.63, 3.8) is 0 Å². The monoisotopic (exact) mass is 450 g/mol. The first-order valence-electron chi connectivity index (χ1n) is 11.5. The highest BCUT2D eigenvalue weighted by Crippen LogP contribution is 2.42. The van der Waals surface area contributed by atoms with E-state index in [-0.39, 0.29) is 22.4 Å². The zero-order chi connectivity index (χ0) is 23.4. The van der Waals surface area contributed by atoms with Crippen molar-refractivity contribution in [1.82, 2.24) is 25.3 Å². The molecule has 1 aromatic carbocycles. The second-order valence-corrected chi connectivity index (χ2v) is 10.3. The Morgan fingerprint density at radius 1 is 1.12 bits per heavy atom. The average molecular weight is 451 g/mol. The molecule has 0 unspecified atom stereocenters. The fourth-order valence-corrected chi connectivity index (χ4v) is 5.83. The van der Waals surface area contributed by atoms with Gasteiger partial charge in [-0.1, -0.05) is 0 Å². The summed E-state index contributed by atoms with van der Waals surface area (Å²) in [6.45, 7) is 4.64. The molecule has 33 heavy (non-hydrogen) atoms. The van der Waals surface area contributed by atoms with Crippen molar-refractivity contribution in [2.45, 2.75) is 63.1 Å². The molecule has 2 aliphatic heterocycles. The summed E-state index contributed by atoms with van der Waals surface area (Å²) in [7, 11) is 3.85. The van der Waals surface area contributed by atoms with Crippen molar-refractivity contribution in [2.24, 2.45) is 7.05 Å². The highest BCUT2D eigenvalue weighted by atomic mass is 19.1. The van der Waals surface area contributed by atoms with Gasteiger partial charge >= 0.3 is 0 Å². The summed E-state index contributed by atoms with van der Waals surface area (Å²) >= 11 is 0. The van der Waals surface area contributed by atoms with E-state index in [0.717, 1.165) is 24.2 Å². The van der Waals surface area contributed by atoms with Crippen molar-refractivity contribution < 1.29 is 9.50 Å². The van der Waals surface area contributed by atoms with Crippen LogP contribution in [-0.2, 0) is 7.05 Å². The second-order valence-electron chi connectivity index (χ2n) is 10.3. The minimum atomic E-state index is -0.545. The van der Waals surface area contributed by atoms with Gasteiger partial charge in [0.25, 0.3) is 0 Å². The fraction of sp³-hybridized carbons (Fsp3) is 0.480. The molecule has 0 amide bonds. The highest BCUT2D eigenvalue weighted by Gasteiger charge is 2.46. The number of benzene rings is 1. The van der Waals surface area contributed by atoms with Gasteiger partial charge in [-0.25, -0.2) is 4.39 Å². The maximum atomic E-state index is 15.0. The molecule has 0 saturated carbocycles. The SMILES string of the molecule is CN(c1ccc(-c2c(O)cc(-c3cnn(C)c3)cc2F)nn1)[C@H]1C[C@]2(C)CCC[C@](C)(C1)N2. The Bertz CT molecular complexity index is 1140. The molecule has 2 aliphatic rings. The summed E-state index contributed by atoms with van der Waals surface area (Å²) in [5.41, 5.74) is 1.94. The van der Waals surface area contributed by atoms with Gasteiger partial charge in [0, 0.05) is 43.0 Å². The Labute approximate surface area is 193 Å². The van der Waals surface area contributed by atoms with Gasteiger partial charge < -0.3 is 15.3 Å². The molecular formula is C25H31FN6O. The third-order valence-electron chi connectivity index (χ3n) is 7.36. The van der Waals surface area contributed by atoms with Gasteiger partial charge in [0.15, 0.2) is 5.82 Å². The van der Waals surface area contributed by atoms with Crippen LogP contribution in [0.5, 0.6) is 5.75 Å². The first-order valence-corrected chi connectivity index (χ1v) is 11.5. The molecule has 2 saturated heterocycles. The van der Waals surface area contributed by atoms with Crippen LogP contribution in [0, 0.1) is 5.82 Å². The number of aromatic nitrogens is 4. The molecule has 0 spiro atoms. The van der Waals surface area contributed by atoms with Crippen LogP contribution in [-0.4, -0.2) is 49.3 Å². The Morgan fingerprint density at radius 3 is 2.42 bits per heavy atom. The van der Waals surface area contributed by atoms with Crippen molar-refractivity contribution in [2.75, 3.05) is 11.9 Å². The molecule has 2 aromatic heterocycles. The zero-order valence-corrected chi connectivity index (χ0v) is 19.6. The van der Waals surface area contributed by atoms with Crippen molar-refractivity contribution >= 4 is 5.82 Å². The van der Waals surface area contributed by atoms with Crippen LogP contribution in [0.2, 0.25) is 0 Å². The quantitative estimate of drug-likeness (QED) is 0.618. The Balaban J connectivity index is 1.39. The number of aryl methyl sites for hydroxylation is 1. The van der Waals surface area contributed by atoms with Gasteiger partial charge in [-0.3, -0.25) is 4.68 Å². The van der Waals surface area contributed by atoms with Crippen LogP contribution in [0.15, 0.2) is 36.7 Å². The minimum Gasteiger partial charge on any atom is -0.507 e. The van der Waals surface area contributed by atoms with E-state index < -0.39 is 5.82 Å². The predicted octanol–water partition coefficient (Wildman–Crippen LogP) is 4.28. The lowest BCUT2D eigenvalue weighted by atomic mass is 9.69. The van der Waals surface area contributed by atoms with Gasteiger partial charge in [-0.15, -0.1) is 10.2 Å². The minimum absolute atomic E-state index is 0.0563. The number of nitrogens with zero attached hydrogens (tertiary/aromatic N) is 5. The lowest BCUT2D eigenvalue weighted by Gasteiger charge is -2.55. The summed E-state index contributed by atoms with van der Waals surface area (Å²) in [5.74, 6) is 0.0374. The van der Waals surface area contributed by atoms with E-state index in [2.05, 4.69) is 46.4 Å². The van der Waals surface area contributed by atoms with E-state index in [4.69, 9.17) is 0 Å². The van der Waals surface area contributed by atoms with Crippen LogP contribution >= 0.6 is 0 Å². The van der Waals surface area contributed by atoms with E-state index in [1.54, 1.807) is 30.2 Å². The molecule has 8 heteroatoms. The van der Waals surface area contributed by atoms with Crippen LogP contribution in [0.25, 0.3) is 22.4 Å². The second kappa shape index (κ2) is 7.80. The van der Waals surface area contributed by atoms with Crippen molar-refractivity contribution in [3.05, 3.63) is 42.5 Å². The van der Waals surface area contributed by atoms with Gasteiger partial charge in [-0.2, -0.15) is 5.10 Å². The van der Waals surface area contributed by atoms with Gasteiger partial charge in [0.2, 0.25) is 0 Å². The molecule has 2 bridgehead atoms. The summed E-state index contributed by atoms with van der Waals surface area (Å²) < 4.78 is 16.6. The number of nitrogens with one attached hydrogen (secondary N) is 1. The van der Waals surface area contributed by atoms with Crippen LogP contribution in [0.3, 0.4) is 0 Å². The number of anilines is 1.